The number of nitrogens with zero attached hydrogens (tertiary/aromatic N) is 2. The van der Waals surface area contributed by atoms with Gasteiger partial charge in [0.2, 0.25) is 0 Å². The van der Waals surface area contributed by atoms with Crippen molar-refractivity contribution in [2.75, 3.05) is 11.9 Å². The first-order valence-corrected chi connectivity index (χ1v) is 6.91. The normalized spacial score (nSPS) is 11.3. The molecule has 1 aromatic carbocycles. The van der Waals surface area contributed by atoms with E-state index in [-0.39, 0.29) is 6.61 Å². The highest BCUT2D eigenvalue weighted by atomic mass is 19.1. The number of nitrogens with one attached hydrogen (secondary N) is 2. The molecule has 1 aromatic heterocycles. The lowest BCUT2D eigenvalue weighted by Gasteiger charge is -2.25. The zero-order valence-electron chi connectivity index (χ0n) is 12.5. The van der Waals surface area contributed by atoms with E-state index in [1.165, 1.54) is 23.1 Å². The number of hydrogen-bond acceptors (Lipinski definition) is 3. The number of para-hydroxylation sites is 1. The zero-order valence-corrected chi connectivity index (χ0v) is 12.5. The van der Waals surface area contributed by atoms with Crippen molar-refractivity contribution < 1.29 is 14.3 Å². The summed E-state index contributed by atoms with van der Waals surface area (Å²) in [5, 5.41) is 18.3. The van der Waals surface area contributed by atoms with Gasteiger partial charge < -0.3 is 15.7 Å². The van der Waals surface area contributed by atoms with E-state index in [1.807, 2.05) is 13.8 Å². The number of anilines is 1. The van der Waals surface area contributed by atoms with Crippen LogP contribution in [0.1, 0.15) is 20.3 Å². The molecule has 0 fully saturated rings. The SMILES string of the molecule is CC(C)(CCO)NC(=O)Nc1cnn(-c2ccccc2F)c1. The maximum absolute atomic E-state index is 13.7. The second-order valence-corrected chi connectivity index (χ2v) is 5.56. The molecule has 2 amide bonds. The van der Waals surface area contributed by atoms with Crippen molar-refractivity contribution in [1.29, 1.82) is 0 Å². The summed E-state index contributed by atoms with van der Waals surface area (Å²) in [6.07, 6.45) is 3.40. The van der Waals surface area contributed by atoms with E-state index in [0.29, 0.717) is 17.8 Å². The third-order valence-corrected chi connectivity index (χ3v) is 3.13. The number of benzene rings is 1. The second kappa shape index (κ2) is 6.57. The number of halogens is 1. The standard InChI is InChI=1S/C15H19FN4O2/c1-15(2,7-8-21)19-14(22)18-11-9-17-20(10-11)13-6-4-3-5-12(13)16/h3-6,9-10,21H,7-8H2,1-2H3,(H2,18,19,22). The van der Waals surface area contributed by atoms with Crippen LogP contribution in [0.4, 0.5) is 14.9 Å². The summed E-state index contributed by atoms with van der Waals surface area (Å²) in [6, 6.07) is 5.83. The predicted octanol–water partition coefficient (Wildman–Crippen LogP) is 2.29. The Bertz CT molecular complexity index is 654. The maximum Gasteiger partial charge on any atom is 0.319 e. The number of rotatable bonds is 5. The summed E-state index contributed by atoms with van der Waals surface area (Å²) in [5.74, 6) is -0.398. The van der Waals surface area contributed by atoms with Gasteiger partial charge >= 0.3 is 6.03 Å². The molecule has 0 unspecified atom stereocenters. The zero-order chi connectivity index (χ0) is 16.2. The van der Waals surface area contributed by atoms with Crippen LogP contribution in [0.2, 0.25) is 0 Å². The summed E-state index contributed by atoms with van der Waals surface area (Å²) in [6.45, 7) is 3.61. The van der Waals surface area contributed by atoms with Gasteiger partial charge in [-0.15, -0.1) is 0 Å². The molecular weight excluding hydrogens is 287 g/mol. The Morgan fingerprint density at radius 1 is 1.41 bits per heavy atom. The van der Waals surface area contributed by atoms with Crippen LogP contribution in [0.5, 0.6) is 0 Å². The number of aliphatic hydroxyl groups is 1. The van der Waals surface area contributed by atoms with Gasteiger partial charge in [-0.3, -0.25) is 0 Å². The highest BCUT2D eigenvalue weighted by Crippen LogP contribution is 2.15. The molecule has 0 aliphatic heterocycles. The van der Waals surface area contributed by atoms with Crippen LogP contribution in [0.15, 0.2) is 36.7 Å². The molecule has 0 saturated heterocycles. The molecular formula is C15H19FN4O2. The predicted molar refractivity (Wildman–Crippen MR) is 81.5 cm³/mol. The minimum absolute atomic E-state index is 0.0154. The Labute approximate surface area is 128 Å². The quantitative estimate of drug-likeness (QED) is 0.793. The largest absolute Gasteiger partial charge is 0.396 e. The van der Waals surface area contributed by atoms with Gasteiger partial charge in [-0.05, 0) is 32.4 Å². The van der Waals surface area contributed by atoms with Crippen molar-refractivity contribution in [3.8, 4) is 5.69 Å². The van der Waals surface area contributed by atoms with Crippen LogP contribution in [-0.4, -0.2) is 33.1 Å². The maximum atomic E-state index is 13.7. The van der Waals surface area contributed by atoms with E-state index in [4.69, 9.17) is 5.11 Å². The minimum Gasteiger partial charge on any atom is -0.396 e. The van der Waals surface area contributed by atoms with Crippen LogP contribution >= 0.6 is 0 Å². The number of hydrogen-bond donors (Lipinski definition) is 3. The molecule has 2 rings (SSSR count). The topological polar surface area (TPSA) is 79.2 Å². The van der Waals surface area contributed by atoms with E-state index < -0.39 is 17.4 Å². The number of carbonyl (C=O) groups excluding carboxylic acids is 1. The first-order valence-electron chi connectivity index (χ1n) is 6.91. The third kappa shape index (κ3) is 4.05. The van der Waals surface area contributed by atoms with Crippen molar-refractivity contribution in [2.45, 2.75) is 25.8 Å². The van der Waals surface area contributed by atoms with E-state index in [9.17, 15) is 9.18 Å². The molecule has 0 spiro atoms. The lowest BCUT2D eigenvalue weighted by molar-refractivity contribution is 0.218. The fraction of sp³-hybridized carbons (Fsp3) is 0.333. The average molecular weight is 306 g/mol. The number of urea groups is 1. The summed E-state index contributed by atoms with van der Waals surface area (Å²) in [5.41, 5.74) is 0.220. The smallest absolute Gasteiger partial charge is 0.319 e. The van der Waals surface area contributed by atoms with Gasteiger partial charge in [0.15, 0.2) is 0 Å². The van der Waals surface area contributed by atoms with Gasteiger partial charge in [-0.25, -0.2) is 13.9 Å². The van der Waals surface area contributed by atoms with Gasteiger partial charge in [0.1, 0.15) is 11.5 Å². The first-order chi connectivity index (χ1) is 10.4. The Morgan fingerprint density at radius 3 is 2.82 bits per heavy atom. The molecule has 0 bridgehead atoms. The first kappa shape index (κ1) is 16.0. The van der Waals surface area contributed by atoms with Crippen LogP contribution in [0.25, 0.3) is 5.69 Å². The van der Waals surface area contributed by atoms with Crippen LogP contribution in [0.3, 0.4) is 0 Å². The van der Waals surface area contributed by atoms with Crippen LogP contribution < -0.4 is 10.6 Å². The molecule has 7 heteroatoms. The van der Waals surface area contributed by atoms with Crippen molar-refractivity contribution in [1.82, 2.24) is 15.1 Å². The van der Waals surface area contributed by atoms with E-state index in [2.05, 4.69) is 15.7 Å². The summed E-state index contributed by atoms with van der Waals surface area (Å²) in [7, 11) is 0. The van der Waals surface area contributed by atoms with Crippen molar-refractivity contribution in [3.05, 3.63) is 42.5 Å². The van der Waals surface area contributed by atoms with Crippen LogP contribution in [-0.2, 0) is 0 Å². The second-order valence-electron chi connectivity index (χ2n) is 5.56. The van der Waals surface area contributed by atoms with Crippen molar-refractivity contribution >= 4 is 11.7 Å². The molecule has 0 aliphatic rings. The molecule has 6 nitrogen and oxygen atoms in total. The number of carbonyl (C=O) groups is 1. The summed E-state index contributed by atoms with van der Waals surface area (Å²) < 4.78 is 15.0. The van der Waals surface area contributed by atoms with E-state index in [0.717, 1.165) is 0 Å². The molecule has 0 atom stereocenters. The number of aromatic nitrogens is 2. The van der Waals surface area contributed by atoms with Gasteiger partial charge in [0.25, 0.3) is 0 Å². The fourth-order valence-electron chi connectivity index (χ4n) is 1.97. The Kier molecular flexibility index (Phi) is 4.77. The Morgan fingerprint density at radius 2 is 2.14 bits per heavy atom. The average Bonchev–Trinajstić information content (AvgIpc) is 2.86. The summed E-state index contributed by atoms with van der Waals surface area (Å²) >= 11 is 0. The molecule has 1 heterocycles. The highest BCUT2D eigenvalue weighted by Gasteiger charge is 2.20. The third-order valence-electron chi connectivity index (χ3n) is 3.13. The molecule has 2 aromatic rings. The van der Waals surface area contributed by atoms with Gasteiger partial charge in [-0.2, -0.15) is 5.10 Å². The molecule has 0 radical (unpaired) electrons. The molecule has 0 aliphatic carbocycles. The van der Waals surface area contributed by atoms with E-state index >= 15 is 0 Å². The highest BCUT2D eigenvalue weighted by molar-refractivity contribution is 5.89. The van der Waals surface area contributed by atoms with Gasteiger partial charge in [0, 0.05) is 12.1 Å². The number of amides is 2. The lowest BCUT2D eigenvalue weighted by Crippen LogP contribution is -2.46. The van der Waals surface area contributed by atoms with E-state index in [1.54, 1.807) is 18.2 Å². The molecule has 3 N–H and O–H groups in total. The van der Waals surface area contributed by atoms with Crippen molar-refractivity contribution in [3.63, 3.8) is 0 Å². The molecule has 118 valence electrons. The van der Waals surface area contributed by atoms with Crippen LogP contribution in [0, 0.1) is 5.82 Å². The fourth-order valence-corrected chi connectivity index (χ4v) is 1.97. The molecule has 0 saturated carbocycles. The Hall–Kier alpha value is -2.41. The monoisotopic (exact) mass is 306 g/mol. The summed E-state index contributed by atoms with van der Waals surface area (Å²) in [4.78, 5) is 11.9. The Balaban J connectivity index is 2.04. The lowest BCUT2D eigenvalue weighted by atomic mass is 10.0. The van der Waals surface area contributed by atoms with Gasteiger partial charge in [-0.1, -0.05) is 12.1 Å². The van der Waals surface area contributed by atoms with Gasteiger partial charge in [0.05, 0.1) is 18.1 Å². The van der Waals surface area contributed by atoms with Crippen molar-refractivity contribution in [2.24, 2.45) is 0 Å². The minimum atomic E-state index is -0.527. The number of aliphatic hydroxyl groups excluding tert-OH is 1. The molecule has 22 heavy (non-hydrogen) atoms.